The maximum atomic E-state index is 13.5. The highest BCUT2D eigenvalue weighted by atomic mass is 19.4. The maximum absolute atomic E-state index is 13.5. The van der Waals surface area contributed by atoms with Crippen LogP contribution in [0, 0.1) is 6.92 Å². The molecule has 1 aromatic carbocycles. The molecule has 2 aliphatic rings. The zero-order valence-electron chi connectivity index (χ0n) is 17.3. The summed E-state index contributed by atoms with van der Waals surface area (Å²) >= 11 is 0. The number of aryl methyl sites for hydroxylation is 1. The third-order valence-corrected chi connectivity index (χ3v) is 5.87. The molecule has 0 bridgehead atoms. The van der Waals surface area contributed by atoms with Crippen molar-refractivity contribution in [2.75, 3.05) is 20.2 Å². The van der Waals surface area contributed by atoms with Crippen molar-refractivity contribution in [3.63, 3.8) is 0 Å². The van der Waals surface area contributed by atoms with Gasteiger partial charge in [0.2, 0.25) is 11.7 Å². The number of nitrogens with zero attached hydrogens (tertiary/aromatic N) is 5. The summed E-state index contributed by atoms with van der Waals surface area (Å²) < 4.78 is 46.2. The first-order chi connectivity index (χ1) is 14.6. The van der Waals surface area contributed by atoms with E-state index in [1.165, 1.54) is 9.80 Å². The quantitative estimate of drug-likeness (QED) is 0.719. The SMILES string of the molecule is Cc1ccc(C2C(C(=O)N3CCn4c(nnc4C(F)(F)F)C3C)OCC(=O)N2C)cc1. The minimum Gasteiger partial charge on any atom is -0.356 e. The lowest BCUT2D eigenvalue weighted by Crippen LogP contribution is -2.55. The average molecular weight is 437 g/mol. The van der Waals surface area contributed by atoms with Gasteiger partial charge in [0.15, 0.2) is 11.9 Å². The molecule has 31 heavy (non-hydrogen) atoms. The molecule has 4 rings (SSSR count). The van der Waals surface area contributed by atoms with Crippen LogP contribution < -0.4 is 0 Å². The predicted octanol–water partition coefficient (Wildman–Crippen LogP) is 2.11. The van der Waals surface area contributed by atoms with Gasteiger partial charge in [-0.3, -0.25) is 9.59 Å². The first-order valence-electron chi connectivity index (χ1n) is 9.84. The Kier molecular flexibility index (Phi) is 5.24. The molecule has 0 radical (unpaired) electrons. The van der Waals surface area contributed by atoms with Crippen molar-refractivity contribution in [2.24, 2.45) is 0 Å². The van der Waals surface area contributed by atoms with Gasteiger partial charge in [-0.15, -0.1) is 10.2 Å². The summed E-state index contributed by atoms with van der Waals surface area (Å²) in [6.45, 7) is 3.26. The van der Waals surface area contributed by atoms with E-state index in [4.69, 9.17) is 4.74 Å². The first kappa shape index (κ1) is 21.3. The summed E-state index contributed by atoms with van der Waals surface area (Å²) in [5.74, 6) is -1.66. The van der Waals surface area contributed by atoms with Crippen LogP contribution in [0.5, 0.6) is 0 Å². The van der Waals surface area contributed by atoms with Crippen molar-refractivity contribution in [1.29, 1.82) is 0 Å². The van der Waals surface area contributed by atoms with Crippen LogP contribution >= 0.6 is 0 Å². The van der Waals surface area contributed by atoms with Gasteiger partial charge < -0.3 is 19.1 Å². The van der Waals surface area contributed by atoms with Gasteiger partial charge in [-0.25, -0.2) is 0 Å². The van der Waals surface area contributed by atoms with E-state index >= 15 is 0 Å². The third-order valence-electron chi connectivity index (χ3n) is 5.87. The number of morpholine rings is 1. The Hall–Kier alpha value is -2.95. The van der Waals surface area contributed by atoms with Crippen molar-refractivity contribution in [3.05, 3.63) is 47.0 Å². The molecule has 0 saturated carbocycles. The normalized spacial score (nSPS) is 24.3. The van der Waals surface area contributed by atoms with E-state index < -0.39 is 36.1 Å². The highest BCUT2D eigenvalue weighted by Crippen LogP contribution is 2.35. The van der Waals surface area contributed by atoms with Crippen LogP contribution in [-0.2, 0) is 27.0 Å². The number of benzene rings is 1. The number of amides is 2. The van der Waals surface area contributed by atoms with E-state index in [0.29, 0.717) is 0 Å². The highest BCUT2D eigenvalue weighted by molar-refractivity contribution is 5.86. The lowest BCUT2D eigenvalue weighted by molar-refractivity contribution is -0.169. The molecule has 11 heteroatoms. The van der Waals surface area contributed by atoms with Crippen LogP contribution in [-0.4, -0.2) is 62.7 Å². The zero-order chi connectivity index (χ0) is 22.5. The second kappa shape index (κ2) is 7.63. The fraction of sp³-hybridized carbons (Fsp3) is 0.500. The summed E-state index contributed by atoms with van der Waals surface area (Å²) in [4.78, 5) is 28.7. The Balaban J connectivity index is 1.64. The number of likely N-dealkylation sites (N-methyl/N-ethyl adjacent to an activating group) is 1. The monoisotopic (exact) mass is 437 g/mol. The third kappa shape index (κ3) is 3.67. The van der Waals surface area contributed by atoms with Crippen molar-refractivity contribution >= 4 is 11.8 Å². The van der Waals surface area contributed by atoms with Gasteiger partial charge in [0, 0.05) is 20.1 Å². The second-order valence-corrected chi connectivity index (χ2v) is 7.83. The minimum absolute atomic E-state index is 0.0479. The van der Waals surface area contributed by atoms with Gasteiger partial charge in [0.05, 0.1) is 12.1 Å². The van der Waals surface area contributed by atoms with Gasteiger partial charge in [-0.1, -0.05) is 29.8 Å². The molecule has 2 aromatic rings. The van der Waals surface area contributed by atoms with Crippen LogP contribution in [0.15, 0.2) is 24.3 Å². The number of fused-ring (bicyclic) bond motifs is 1. The van der Waals surface area contributed by atoms with Crippen LogP contribution in [0.4, 0.5) is 13.2 Å². The average Bonchev–Trinajstić information content (AvgIpc) is 3.16. The van der Waals surface area contributed by atoms with E-state index in [2.05, 4.69) is 10.2 Å². The lowest BCUT2D eigenvalue weighted by Gasteiger charge is -2.42. The predicted molar refractivity (Wildman–Crippen MR) is 102 cm³/mol. The Labute approximate surface area is 176 Å². The van der Waals surface area contributed by atoms with E-state index in [9.17, 15) is 22.8 Å². The Morgan fingerprint density at radius 2 is 1.84 bits per heavy atom. The molecule has 2 amide bonds. The standard InChI is InChI=1S/C20H22F3N5O3/c1-11-4-6-13(7-5-11)15-16(31-10-14(29)26(15)3)18(30)27-8-9-28-17(12(27)2)24-25-19(28)20(21,22)23/h4-7,12,15-16H,8-10H2,1-3H3. The fourth-order valence-corrected chi connectivity index (χ4v) is 4.14. The van der Waals surface area contributed by atoms with E-state index in [0.717, 1.165) is 15.7 Å². The van der Waals surface area contributed by atoms with Crippen LogP contribution in [0.25, 0.3) is 0 Å². The number of carbonyl (C=O) groups is 2. The first-order valence-corrected chi connectivity index (χ1v) is 9.84. The molecule has 3 atom stereocenters. The molecule has 1 aromatic heterocycles. The smallest absolute Gasteiger partial charge is 0.356 e. The Bertz CT molecular complexity index is 1000. The van der Waals surface area contributed by atoms with Crippen molar-refractivity contribution in [2.45, 2.75) is 44.8 Å². The van der Waals surface area contributed by atoms with E-state index in [1.54, 1.807) is 14.0 Å². The number of alkyl halides is 3. The number of halogens is 3. The molecule has 8 nitrogen and oxygen atoms in total. The molecule has 2 aliphatic heterocycles. The molecular formula is C20H22F3N5O3. The van der Waals surface area contributed by atoms with Gasteiger partial charge >= 0.3 is 6.18 Å². The number of hydrogen-bond acceptors (Lipinski definition) is 5. The molecule has 0 N–H and O–H groups in total. The summed E-state index contributed by atoms with van der Waals surface area (Å²) in [5.41, 5.74) is 1.77. The van der Waals surface area contributed by atoms with Gasteiger partial charge in [0.1, 0.15) is 6.61 Å². The molecule has 0 aliphatic carbocycles. The van der Waals surface area contributed by atoms with E-state index in [-0.39, 0.29) is 31.4 Å². The molecular weight excluding hydrogens is 415 g/mol. The molecule has 3 heterocycles. The highest BCUT2D eigenvalue weighted by Gasteiger charge is 2.46. The Morgan fingerprint density at radius 1 is 1.16 bits per heavy atom. The summed E-state index contributed by atoms with van der Waals surface area (Å²) in [5, 5.41) is 6.97. The maximum Gasteiger partial charge on any atom is 0.451 e. The van der Waals surface area contributed by atoms with Crippen LogP contribution in [0.3, 0.4) is 0 Å². The van der Waals surface area contributed by atoms with Crippen LogP contribution in [0.2, 0.25) is 0 Å². The van der Waals surface area contributed by atoms with Crippen molar-refractivity contribution in [3.8, 4) is 0 Å². The molecule has 1 saturated heterocycles. The zero-order valence-corrected chi connectivity index (χ0v) is 17.3. The minimum atomic E-state index is -4.62. The largest absolute Gasteiger partial charge is 0.451 e. The van der Waals surface area contributed by atoms with E-state index in [1.807, 2.05) is 31.2 Å². The molecule has 1 fully saturated rings. The molecule has 0 spiro atoms. The number of rotatable bonds is 2. The Morgan fingerprint density at radius 3 is 2.48 bits per heavy atom. The summed E-state index contributed by atoms with van der Waals surface area (Å²) in [6.07, 6.45) is -5.60. The number of ether oxygens (including phenoxy) is 1. The molecule has 166 valence electrons. The van der Waals surface area contributed by atoms with Crippen molar-refractivity contribution < 1.29 is 27.5 Å². The number of aromatic nitrogens is 3. The topological polar surface area (TPSA) is 80.6 Å². The second-order valence-electron chi connectivity index (χ2n) is 7.83. The fourth-order valence-electron chi connectivity index (χ4n) is 4.14. The number of hydrogen-bond donors (Lipinski definition) is 0. The van der Waals surface area contributed by atoms with Gasteiger partial charge in [-0.2, -0.15) is 13.2 Å². The van der Waals surface area contributed by atoms with Crippen molar-refractivity contribution in [1.82, 2.24) is 24.6 Å². The van der Waals surface area contributed by atoms with Gasteiger partial charge in [0.25, 0.3) is 5.91 Å². The summed E-state index contributed by atoms with van der Waals surface area (Å²) in [7, 11) is 1.61. The number of carbonyl (C=O) groups excluding carboxylic acids is 2. The van der Waals surface area contributed by atoms with Gasteiger partial charge in [-0.05, 0) is 19.4 Å². The van der Waals surface area contributed by atoms with Crippen LogP contribution in [0.1, 0.15) is 41.8 Å². The summed E-state index contributed by atoms with van der Waals surface area (Å²) in [6, 6.07) is 6.07. The lowest BCUT2D eigenvalue weighted by atomic mass is 9.95. The molecule has 3 unspecified atom stereocenters.